The van der Waals surface area contributed by atoms with E-state index in [1.807, 2.05) is 0 Å². The number of aliphatic hydroxyl groups excluding tert-OH is 1. The Bertz CT molecular complexity index is 477. The Hall–Kier alpha value is -1.24. The lowest BCUT2D eigenvalue weighted by Gasteiger charge is -2.36. The molecule has 0 aliphatic rings. The average molecular weight is 394 g/mol. The topological polar surface area (TPSA) is 57.5 Å². The number of aliphatic carboxylic acids is 1. The number of carboxylic acid groups (broad SMARTS) is 1. The van der Waals surface area contributed by atoms with Crippen molar-refractivity contribution < 1.29 is 59.0 Å². The number of rotatable bonds is 9. The first kappa shape index (κ1) is 23.8. The molecule has 0 amide bonds. The van der Waals surface area contributed by atoms with E-state index in [9.17, 15) is 49.4 Å². The molecule has 2 N–H and O–H groups in total. The van der Waals surface area contributed by atoms with Gasteiger partial charge in [0.05, 0.1) is 27.1 Å². The molecule has 0 aliphatic carbocycles. The molecule has 25 heavy (non-hydrogen) atoms. The molecule has 0 heterocycles. The average Bonchev–Trinajstić information content (AvgIpc) is 2.33. The van der Waals surface area contributed by atoms with Crippen molar-refractivity contribution >= 4 is 5.97 Å². The standard InChI is InChI=1S/C12H16F9NO3/c1-22(2,4-3-8(24)25)6-7(23)5-9(13,14)10(15,16)11(17,18)12(19,20)21/h7,23H,3-6H2,1-2H3/p+1. The second-order valence-corrected chi connectivity index (χ2v) is 6.19. The van der Waals surface area contributed by atoms with Gasteiger partial charge in [-0.2, -0.15) is 39.5 Å². The van der Waals surface area contributed by atoms with Gasteiger partial charge < -0.3 is 14.7 Å². The number of hydrogen-bond donors (Lipinski definition) is 2. The largest absolute Gasteiger partial charge is 0.481 e. The van der Waals surface area contributed by atoms with Crippen LogP contribution in [0.2, 0.25) is 0 Å². The summed E-state index contributed by atoms with van der Waals surface area (Å²) in [5, 5.41) is 17.9. The van der Waals surface area contributed by atoms with Crippen molar-refractivity contribution in [2.24, 2.45) is 0 Å². The minimum absolute atomic E-state index is 0.229. The van der Waals surface area contributed by atoms with E-state index in [0.29, 0.717) is 0 Å². The SMILES string of the molecule is C[N+](C)(CCC(=O)O)CC(O)CC(F)(F)C(F)(F)C(F)(F)C(F)(F)F. The second-order valence-electron chi connectivity index (χ2n) is 6.19. The van der Waals surface area contributed by atoms with E-state index in [-0.39, 0.29) is 6.54 Å². The van der Waals surface area contributed by atoms with Crippen LogP contribution in [0, 0.1) is 0 Å². The molecule has 0 radical (unpaired) electrons. The van der Waals surface area contributed by atoms with Gasteiger partial charge in [0.15, 0.2) is 0 Å². The van der Waals surface area contributed by atoms with Gasteiger partial charge in [0.25, 0.3) is 0 Å². The molecule has 0 saturated heterocycles. The Morgan fingerprint density at radius 2 is 1.40 bits per heavy atom. The molecule has 0 saturated carbocycles. The first-order valence-electron chi connectivity index (χ1n) is 6.69. The van der Waals surface area contributed by atoms with Gasteiger partial charge in [-0.1, -0.05) is 0 Å². The van der Waals surface area contributed by atoms with Crippen LogP contribution in [0.5, 0.6) is 0 Å². The molecule has 1 atom stereocenters. The lowest BCUT2D eigenvalue weighted by Crippen LogP contribution is -2.62. The van der Waals surface area contributed by atoms with E-state index in [0.717, 1.165) is 0 Å². The summed E-state index contributed by atoms with van der Waals surface area (Å²) in [6.45, 7) is -0.996. The molecule has 1 unspecified atom stereocenters. The summed E-state index contributed by atoms with van der Waals surface area (Å²) >= 11 is 0. The normalized spacial score (nSPS) is 16.0. The summed E-state index contributed by atoms with van der Waals surface area (Å²) in [5.74, 6) is -20.9. The summed E-state index contributed by atoms with van der Waals surface area (Å²) in [6.07, 6.45) is -12.1. The van der Waals surface area contributed by atoms with E-state index in [1.54, 1.807) is 0 Å². The van der Waals surface area contributed by atoms with Gasteiger partial charge in [-0.05, 0) is 0 Å². The zero-order valence-electron chi connectivity index (χ0n) is 13.1. The summed E-state index contributed by atoms with van der Waals surface area (Å²) in [4.78, 5) is 10.4. The maximum Gasteiger partial charge on any atom is 0.460 e. The molecule has 0 aliphatic heterocycles. The molecule has 0 spiro atoms. The van der Waals surface area contributed by atoms with Gasteiger partial charge in [-0.3, -0.25) is 4.79 Å². The molecule has 0 aromatic heterocycles. The Balaban J connectivity index is 5.20. The monoisotopic (exact) mass is 394 g/mol. The number of hydrogen-bond acceptors (Lipinski definition) is 2. The summed E-state index contributed by atoms with van der Waals surface area (Å²) in [6, 6.07) is 0. The molecular weight excluding hydrogens is 377 g/mol. The number of carbonyl (C=O) groups is 1. The molecule has 0 aromatic rings. The lowest BCUT2D eigenvalue weighted by atomic mass is 9.98. The smallest absolute Gasteiger partial charge is 0.460 e. The van der Waals surface area contributed by atoms with Gasteiger partial charge in [0.2, 0.25) is 0 Å². The third-order valence-corrected chi connectivity index (χ3v) is 3.34. The van der Waals surface area contributed by atoms with Gasteiger partial charge in [0.1, 0.15) is 12.6 Å². The highest BCUT2D eigenvalue weighted by atomic mass is 19.4. The quantitative estimate of drug-likeness (QED) is 0.467. The maximum atomic E-state index is 13.4. The minimum Gasteiger partial charge on any atom is -0.481 e. The lowest BCUT2D eigenvalue weighted by molar-refractivity contribution is -0.893. The number of nitrogens with zero attached hydrogens (tertiary/aromatic N) is 1. The van der Waals surface area contributed by atoms with E-state index in [4.69, 9.17) is 5.11 Å². The first-order valence-corrected chi connectivity index (χ1v) is 6.69. The van der Waals surface area contributed by atoms with Crippen LogP contribution in [0.4, 0.5) is 39.5 Å². The van der Waals surface area contributed by atoms with Crippen LogP contribution in [-0.4, -0.2) is 77.9 Å². The van der Waals surface area contributed by atoms with Gasteiger partial charge in [0, 0.05) is 6.42 Å². The highest BCUT2D eigenvalue weighted by Crippen LogP contribution is 2.54. The van der Waals surface area contributed by atoms with E-state index in [1.165, 1.54) is 14.1 Å². The molecule has 0 rings (SSSR count). The van der Waals surface area contributed by atoms with Gasteiger partial charge >= 0.3 is 29.9 Å². The minimum atomic E-state index is -7.00. The number of aliphatic hydroxyl groups is 1. The zero-order chi connectivity index (χ0) is 20.5. The van der Waals surface area contributed by atoms with Crippen LogP contribution >= 0.6 is 0 Å². The fourth-order valence-electron chi connectivity index (χ4n) is 1.96. The predicted molar refractivity (Wildman–Crippen MR) is 65.6 cm³/mol. The Morgan fingerprint density at radius 1 is 0.960 bits per heavy atom. The highest BCUT2D eigenvalue weighted by molar-refractivity contribution is 5.66. The number of quaternary nitrogens is 1. The fourth-order valence-corrected chi connectivity index (χ4v) is 1.96. The molecule has 0 fully saturated rings. The molecule has 13 heteroatoms. The molecule has 0 aromatic carbocycles. The van der Waals surface area contributed by atoms with Crippen LogP contribution in [0.25, 0.3) is 0 Å². The molecule has 0 bridgehead atoms. The van der Waals surface area contributed by atoms with Crippen molar-refractivity contribution in [3.05, 3.63) is 0 Å². The Kier molecular flexibility index (Phi) is 6.82. The number of alkyl halides is 9. The van der Waals surface area contributed by atoms with E-state index >= 15 is 0 Å². The molecular formula is C12H17F9NO3+. The van der Waals surface area contributed by atoms with Crippen molar-refractivity contribution in [1.82, 2.24) is 0 Å². The maximum absolute atomic E-state index is 13.4. The van der Waals surface area contributed by atoms with Crippen molar-refractivity contribution in [3.63, 3.8) is 0 Å². The van der Waals surface area contributed by atoms with Crippen LogP contribution in [-0.2, 0) is 4.79 Å². The summed E-state index contributed by atoms with van der Waals surface area (Å²) in [7, 11) is 2.46. The van der Waals surface area contributed by atoms with E-state index < -0.39 is 59.9 Å². The predicted octanol–water partition coefficient (Wildman–Crippen LogP) is 2.76. The second kappa shape index (κ2) is 7.17. The van der Waals surface area contributed by atoms with Crippen molar-refractivity contribution in [2.45, 2.75) is 42.9 Å². The number of halogens is 9. The van der Waals surface area contributed by atoms with Crippen LogP contribution < -0.4 is 0 Å². The number of carboxylic acids is 1. The Morgan fingerprint density at radius 3 is 1.76 bits per heavy atom. The van der Waals surface area contributed by atoms with Crippen molar-refractivity contribution in [2.75, 3.05) is 27.2 Å². The van der Waals surface area contributed by atoms with Gasteiger partial charge in [-0.25, -0.2) is 0 Å². The molecule has 4 nitrogen and oxygen atoms in total. The summed E-state index contributed by atoms with van der Waals surface area (Å²) in [5.41, 5.74) is 0. The van der Waals surface area contributed by atoms with E-state index in [2.05, 4.69) is 0 Å². The fraction of sp³-hybridized carbons (Fsp3) is 0.917. The third kappa shape index (κ3) is 5.62. The first-order chi connectivity index (χ1) is 10.8. The van der Waals surface area contributed by atoms with Crippen molar-refractivity contribution in [3.8, 4) is 0 Å². The van der Waals surface area contributed by atoms with Gasteiger partial charge in [-0.15, -0.1) is 0 Å². The number of likely N-dealkylation sites (N-methyl/N-ethyl adjacent to an activating group) is 1. The highest BCUT2D eigenvalue weighted by Gasteiger charge is 2.81. The van der Waals surface area contributed by atoms with Crippen LogP contribution in [0.1, 0.15) is 12.8 Å². The third-order valence-electron chi connectivity index (χ3n) is 3.34. The zero-order valence-corrected chi connectivity index (χ0v) is 13.1. The van der Waals surface area contributed by atoms with Crippen LogP contribution in [0.3, 0.4) is 0 Å². The molecule has 150 valence electrons. The van der Waals surface area contributed by atoms with Crippen molar-refractivity contribution in [1.29, 1.82) is 0 Å². The Labute approximate surface area is 136 Å². The summed E-state index contributed by atoms with van der Waals surface area (Å²) < 4.78 is 114. The van der Waals surface area contributed by atoms with Crippen LogP contribution in [0.15, 0.2) is 0 Å².